The number of hydrogen-bond acceptors (Lipinski definition) is 5. The zero-order valence-electron chi connectivity index (χ0n) is 15.9. The van der Waals surface area contributed by atoms with Crippen LogP contribution >= 0.6 is 0 Å². The first-order chi connectivity index (χ1) is 14.3. The van der Waals surface area contributed by atoms with E-state index in [0.29, 0.717) is 17.7 Å². The highest BCUT2D eigenvalue weighted by atomic mass is 32.2. The summed E-state index contributed by atoms with van der Waals surface area (Å²) in [5.74, 6) is -1.14. The summed E-state index contributed by atoms with van der Waals surface area (Å²) in [6, 6.07) is 22.1. The number of sulfonamides is 1. The van der Waals surface area contributed by atoms with Gasteiger partial charge in [-0.2, -0.15) is 0 Å². The average molecular weight is 424 g/mol. The molecule has 0 spiro atoms. The predicted molar refractivity (Wildman–Crippen MR) is 112 cm³/mol. The summed E-state index contributed by atoms with van der Waals surface area (Å²) in [5, 5.41) is 7.56. The van der Waals surface area contributed by atoms with E-state index in [1.165, 1.54) is 24.3 Å². The topological polar surface area (TPSA) is 116 Å². The summed E-state index contributed by atoms with van der Waals surface area (Å²) < 4.78 is 27.7. The van der Waals surface area contributed by atoms with Crippen LogP contribution in [0.2, 0.25) is 0 Å². The minimum atomic E-state index is -3.81. The Morgan fingerprint density at radius 3 is 2.17 bits per heavy atom. The van der Waals surface area contributed by atoms with Crippen LogP contribution in [-0.2, 0) is 26.0 Å². The molecule has 3 rings (SSSR count). The van der Waals surface area contributed by atoms with Gasteiger partial charge in [-0.05, 0) is 47.9 Å². The van der Waals surface area contributed by atoms with E-state index in [4.69, 9.17) is 9.88 Å². The summed E-state index contributed by atoms with van der Waals surface area (Å²) in [6.45, 7) is -0.477. The van der Waals surface area contributed by atoms with Crippen LogP contribution in [0.25, 0.3) is 0 Å². The molecule has 0 heterocycles. The summed E-state index contributed by atoms with van der Waals surface area (Å²) >= 11 is 0. The van der Waals surface area contributed by atoms with Crippen molar-refractivity contribution in [2.24, 2.45) is 5.14 Å². The van der Waals surface area contributed by atoms with Gasteiger partial charge < -0.3 is 10.1 Å². The molecular weight excluding hydrogens is 404 g/mol. The molecule has 8 heteroatoms. The number of rotatable bonds is 7. The second-order valence-corrected chi connectivity index (χ2v) is 8.07. The molecule has 7 nitrogen and oxygen atoms in total. The van der Waals surface area contributed by atoms with E-state index in [2.05, 4.69) is 5.32 Å². The second kappa shape index (κ2) is 9.34. The summed E-state index contributed by atoms with van der Waals surface area (Å²) in [4.78, 5) is 24.5. The molecule has 154 valence electrons. The number of benzene rings is 3. The maximum absolute atomic E-state index is 12.5. The van der Waals surface area contributed by atoms with Crippen LogP contribution in [-0.4, -0.2) is 26.9 Å². The first-order valence-corrected chi connectivity index (χ1v) is 10.6. The number of ether oxygens (including phenoxy) is 1. The lowest BCUT2D eigenvalue weighted by Gasteiger charge is -2.10. The van der Waals surface area contributed by atoms with Gasteiger partial charge in [0.25, 0.3) is 5.91 Å². The lowest BCUT2D eigenvalue weighted by molar-refractivity contribution is -0.119. The van der Waals surface area contributed by atoms with Crippen molar-refractivity contribution >= 4 is 27.6 Å². The van der Waals surface area contributed by atoms with E-state index in [9.17, 15) is 18.0 Å². The molecule has 0 aliphatic rings. The Kier molecular flexibility index (Phi) is 6.61. The van der Waals surface area contributed by atoms with Gasteiger partial charge in [0.2, 0.25) is 10.0 Å². The zero-order chi connectivity index (χ0) is 21.6. The third-order valence-corrected chi connectivity index (χ3v) is 5.20. The van der Waals surface area contributed by atoms with Crippen molar-refractivity contribution < 1.29 is 22.7 Å². The van der Waals surface area contributed by atoms with E-state index >= 15 is 0 Å². The summed E-state index contributed by atoms with van der Waals surface area (Å²) in [6.07, 6.45) is 0.564. The number of carbonyl (C=O) groups is 2. The molecule has 30 heavy (non-hydrogen) atoms. The molecule has 0 aliphatic carbocycles. The van der Waals surface area contributed by atoms with E-state index in [-0.39, 0.29) is 4.90 Å². The van der Waals surface area contributed by atoms with Gasteiger partial charge in [0.15, 0.2) is 6.61 Å². The van der Waals surface area contributed by atoms with E-state index in [0.717, 1.165) is 11.1 Å². The molecule has 0 saturated carbocycles. The van der Waals surface area contributed by atoms with Crippen LogP contribution in [0.3, 0.4) is 0 Å². The minimum absolute atomic E-state index is 0.0676. The van der Waals surface area contributed by atoms with E-state index in [1.54, 1.807) is 12.1 Å². The highest BCUT2D eigenvalue weighted by molar-refractivity contribution is 7.89. The normalized spacial score (nSPS) is 11.0. The maximum Gasteiger partial charge on any atom is 0.338 e. The van der Waals surface area contributed by atoms with Crippen LogP contribution in [0.15, 0.2) is 83.8 Å². The van der Waals surface area contributed by atoms with Crippen LogP contribution in [0, 0.1) is 0 Å². The van der Waals surface area contributed by atoms with Gasteiger partial charge in [0, 0.05) is 5.69 Å². The highest BCUT2D eigenvalue weighted by Gasteiger charge is 2.15. The first kappa shape index (κ1) is 21.2. The van der Waals surface area contributed by atoms with Crippen LogP contribution in [0.5, 0.6) is 0 Å². The SMILES string of the molecule is NS(=O)(=O)c1ccc(NC(=O)COC(=O)c2ccccc2Cc2ccccc2)cc1. The Morgan fingerprint density at radius 2 is 1.50 bits per heavy atom. The zero-order valence-corrected chi connectivity index (χ0v) is 16.8. The molecule has 0 saturated heterocycles. The van der Waals surface area contributed by atoms with Gasteiger partial charge in [-0.1, -0.05) is 48.5 Å². The number of carbonyl (C=O) groups excluding carboxylic acids is 2. The van der Waals surface area contributed by atoms with Gasteiger partial charge >= 0.3 is 5.97 Å². The van der Waals surface area contributed by atoms with Crippen LogP contribution < -0.4 is 10.5 Å². The molecular formula is C22H20N2O5S. The largest absolute Gasteiger partial charge is 0.452 e. The van der Waals surface area contributed by atoms with Crippen LogP contribution in [0.4, 0.5) is 5.69 Å². The molecule has 0 unspecified atom stereocenters. The van der Waals surface area contributed by atoms with Crippen molar-refractivity contribution in [2.75, 3.05) is 11.9 Å². The number of nitrogens with one attached hydrogen (secondary N) is 1. The number of anilines is 1. The lowest BCUT2D eigenvalue weighted by Crippen LogP contribution is -2.21. The van der Waals surface area contributed by atoms with Gasteiger partial charge in [0.1, 0.15) is 0 Å². The predicted octanol–water partition coefficient (Wildman–Crippen LogP) is 2.72. The minimum Gasteiger partial charge on any atom is -0.452 e. The molecule has 3 N–H and O–H groups in total. The Morgan fingerprint density at radius 1 is 0.867 bits per heavy atom. The Balaban J connectivity index is 1.60. The van der Waals surface area contributed by atoms with Gasteiger partial charge in [-0.15, -0.1) is 0 Å². The molecule has 3 aromatic rings. The Bertz CT molecular complexity index is 1140. The van der Waals surface area contributed by atoms with Crippen LogP contribution in [0.1, 0.15) is 21.5 Å². The highest BCUT2D eigenvalue weighted by Crippen LogP contribution is 2.16. The second-order valence-electron chi connectivity index (χ2n) is 6.51. The maximum atomic E-state index is 12.5. The average Bonchev–Trinajstić information content (AvgIpc) is 2.73. The monoisotopic (exact) mass is 424 g/mol. The van der Waals surface area contributed by atoms with Crippen molar-refractivity contribution in [3.8, 4) is 0 Å². The number of esters is 1. The van der Waals surface area contributed by atoms with Gasteiger partial charge in [-0.3, -0.25) is 4.79 Å². The van der Waals surface area contributed by atoms with Crippen molar-refractivity contribution in [1.82, 2.24) is 0 Å². The smallest absolute Gasteiger partial charge is 0.338 e. The molecule has 0 bridgehead atoms. The quantitative estimate of drug-likeness (QED) is 0.566. The molecule has 0 fully saturated rings. The third kappa shape index (κ3) is 5.76. The third-order valence-electron chi connectivity index (χ3n) is 4.28. The fourth-order valence-corrected chi connectivity index (χ4v) is 3.34. The van der Waals surface area contributed by atoms with Crippen molar-refractivity contribution in [2.45, 2.75) is 11.3 Å². The van der Waals surface area contributed by atoms with Crippen molar-refractivity contribution in [3.05, 3.63) is 95.6 Å². The Hall–Kier alpha value is -3.49. The number of primary sulfonamides is 1. The summed E-state index contributed by atoms with van der Waals surface area (Å²) in [7, 11) is -3.81. The standard InChI is InChI=1S/C22H20N2O5S/c23-30(27,28)19-12-10-18(11-13-19)24-21(25)15-29-22(26)20-9-5-4-8-17(20)14-16-6-2-1-3-7-16/h1-13H,14-15H2,(H,24,25)(H2,23,27,28). The molecule has 0 aliphatic heterocycles. The Labute approximate surface area is 174 Å². The molecule has 3 aromatic carbocycles. The number of hydrogen-bond donors (Lipinski definition) is 2. The lowest BCUT2D eigenvalue weighted by atomic mass is 10.00. The molecule has 0 atom stereocenters. The fraction of sp³-hybridized carbons (Fsp3) is 0.0909. The number of nitrogens with two attached hydrogens (primary N) is 1. The van der Waals surface area contributed by atoms with Crippen molar-refractivity contribution in [1.29, 1.82) is 0 Å². The fourth-order valence-electron chi connectivity index (χ4n) is 2.82. The van der Waals surface area contributed by atoms with Gasteiger partial charge in [-0.25, -0.2) is 18.4 Å². The van der Waals surface area contributed by atoms with Crippen molar-refractivity contribution in [3.63, 3.8) is 0 Å². The molecule has 1 amide bonds. The molecule has 0 radical (unpaired) electrons. The van der Waals surface area contributed by atoms with Gasteiger partial charge in [0.05, 0.1) is 10.5 Å². The van der Waals surface area contributed by atoms with E-state index < -0.39 is 28.5 Å². The molecule has 0 aromatic heterocycles. The summed E-state index contributed by atoms with van der Waals surface area (Å²) in [5.41, 5.74) is 2.60. The van der Waals surface area contributed by atoms with E-state index in [1.807, 2.05) is 42.5 Å². The number of amides is 1. The first-order valence-electron chi connectivity index (χ1n) is 9.04.